The molecule has 88 valence electrons. The van der Waals surface area contributed by atoms with E-state index in [9.17, 15) is 0 Å². The van der Waals surface area contributed by atoms with E-state index in [2.05, 4.69) is 52.4 Å². The lowest BCUT2D eigenvalue weighted by Crippen LogP contribution is -2.54. The predicted octanol–water partition coefficient (Wildman–Crippen LogP) is 3.62. The Morgan fingerprint density at radius 2 is 1.60 bits per heavy atom. The van der Waals surface area contributed by atoms with Crippen LogP contribution in [-0.4, -0.2) is 26.9 Å². The largest absolute Gasteiger partial charge is 0.328 e. The van der Waals surface area contributed by atoms with Crippen molar-refractivity contribution in [3.05, 3.63) is 0 Å². The summed E-state index contributed by atoms with van der Waals surface area (Å²) in [7, 11) is 3.06. The lowest BCUT2D eigenvalue weighted by molar-refractivity contribution is 0.556. The summed E-state index contributed by atoms with van der Waals surface area (Å²) in [6.45, 7) is 9.38. The highest BCUT2D eigenvalue weighted by molar-refractivity contribution is 6.79. The summed E-state index contributed by atoms with van der Waals surface area (Å²) >= 11 is 0. The van der Waals surface area contributed by atoms with Gasteiger partial charge in [0.15, 0.2) is 0 Å². The quantitative estimate of drug-likeness (QED) is 0.511. The van der Waals surface area contributed by atoms with Gasteiger partial charge in [-0.25, -0.2) is 0 Å². The standard InChI is InChI=1S/C12H26N2Si/c1-11(2)15(12(3)4,14(5)6)10-8-7-9-13/h11-12H,7-8,10H2,1-6H3. The molecule has 0 heterocycles. The van der Waals surface area contributed by atoms with Crippen LogP contribution in [0.3, 0.4) is 0 Å². The van der Waals surface area contributed by atoms with E-state index >= 15 is 0 Å². The lowest BCUT2D eigenvalue weighted by atomic mass is 10.4. The molecule has 2 nitrogen and oxygen atoms in total. The minimum atomic E-state index is -1.38. The van der Waals surface area contributed by atoms with Gasteiger partial charge in [0.25, 0.3) is 0 Å². The molecule has 0 rings (SSSR count). The van der Waals surface area contributed by atoms with E-state index in [-0.39, 0.29) is 0 Å². The molecule has 0 aliphatic heterocycles. The maximum Gasteiger partial charge on any atom is 0.133 e. The number of rotatable bonds is 6. The Bertz CT molecular complexity index is 194. The van der Waals surface area contributed by atoms with Gasteiger partial charge < -0.3 is 4.57 Å². The van der Waals surface area contributed by atoms with Gasteiger partial charge in [-0.1, -0.05) is 27.7 Å². The normalized spacial score (nSPS) is 12.5. The van der Waals surface area contributed by atoms with Crippen LogP contribution in [0.2, 0.25) is 17.1 Å². The van der Waals surface area contributed by atoms with Crippen molar-refractivity contribution in [2.24, 2.45) is 0 Å². The van der Waals surface area contributed by atoms with Gasteiger partial charge in [-0.05, 0) is 37.6 Å². The van der Waals surface area contributed by atoms with Crippen LogP contribution in [0.5, 0.6) is 0 Å². The molecule has 0 fully saturated rings. The highest BCUT2D eigenvalue weighted by atomic mass is 28.3. The molecule has 0 aromatic rings. The van der Waals surface area contributed by atoms with Crippen molar-refractivity contribution < 1.29 is 0 Å². The molecule has 0 unspecified atom stereocenters. The first-order valence-electron chi connectivity index (χ1n) is 5.94. The Labute approximate surface area is 96.4 Å². The van der Waals surface area contributed by atoms with Gasteiger partial charge in [0.2, 0.25) is 0 Å². The average Bonchev–Trinajstić information content (AvgIpc) is 2.10. The molecule has 0 saturated carbocycles. The molecule has 0 atom stereocenters. The summed E-state index contributed by atoms with van der Waals surface area (Å²) in [5.74, 6) is 0. The Hall–Kier alpha value is -0.333. The fourth-order valence-corrected chi connectivity index (χ4v) is 8.70. The van der Waals surface area contributed by atoms with Gasteiger partial charge in [0.1, 0.15) is 8.24 Å². The molecule has 0 radical (unpaired) electrons. The van der Waals surface area contributed by atoms with Gasteiger partial charge in [0.05, 0.1) is 6.07 Å². The number of unbranched alkanes of at least 4 members (excludes halogenated alkanes) is 1. The molecule has 0 bridgehead atoms. The average molecular weight is 226 g/mol. The van der Waals surface area contributed by atoms with Crippen molar-refractivity contribution in [3.8, 4) is 6.07 Å². The number of nitrogens with zero attached hydrogens (tertiary/aromatic N) is 2. The van der Waals surface area contributed by atoms with Crippen molar-refractivity contribution >= 4 is 8.24 Å². The molecule has 0 aliphatic carbocycles. The Balaban J connectivity index is 4.74. The molecule has 0 aliphatic rings. The molecule has 0 saturated heterocycles. The minimum Gasteiger partial charge on any atom is -0.328 e. The molecule has 15 heavy (non-hydrogen) atoms. The van der Waals surface area contributed by atoms with Crippen molar-refractivity contribution in [2.45, 2.75) is 57.7 Å². The minimum absolute atomic E-state index is 0.710. The predicted molar refractivity (Wildman–Crippen MR) is 69.3 cm³/mol. The molecule has 0 spiro atoms. The Morgan fingerprint density at radius 3 is 1.87 bits per heavy atom. The van der Waals surface area contributed by atoms with E-state index in [0.29, 0.717) is 6.42 Å². The van der Waals surface area contributed by atoms with E-state index in [1.165, 1.54) is 6.04 Å². The molecular formula is C12H26N2Si. The van der Waals surface area contributed by atoms with Crippen molar-refractivity contribution in [1.29, 1.82) is 5.26 Å². The Morgan fingerprint density at radius 1 is 1.13 bits per heavy atom. The third-order valence-corrected chi connectivity index (χ3v) is 10.5. The van der Waals surface area contributed by atoms with Crippen molar-refractivity contribution in [2.75, 3.05) is 14.1 Å². The van der Waals surface area contributed by atoms with Gasteiger partial charge >= 0.3 is 0 Å². The van der Waals surface area contributed by atoms with Crippen LogP contribution in [0.15, 0.2) is 0 Å². The highest BCUT2D eigenvalue weighted by Gasteiger charge is 2.41. The molecular weight excluding hydrogens is 200 g/mol. The zero-order chi connectivity index (χ0) is 12.1. The van der Waals surface area contributed by atoms with Gasteiger partial charge in [-0.2, -0.15) is 5.26 Å². The second-order valence-electron chi connectivity index (χ2n) is 5.21. The van der Waals surface area contributed by atoms with Gasteiger partial charge in [-0.15, -0.1) is 0 Å². The summed E-state index contributed by atoms with van der Waals surface area (Å²) in [6.07, 6.45) is 1.78. The molecule has 3 heteroatoms. The second-order valence-corrected chi connectivity index (χ2v) is 10.9. The van der Waals surface area contributed by atoms with Crippen LogP contribution in [0.1, 0.15) is 40.5 Å². The summed E-state index contributed by atoms with van der Waals surface area (Å²) in [6, 6.07) is 3.51. The van der Waals surface area contributed by atoms with Crippen LogP contribution in [0.25, 0.3) is 0 Å². The van der Waals surface area contributed by atoms with Gasteiger partial charge in [-0.3, -0.25) is 0 Å². The van der Waals surface area contributed by atoms with Crippen LogP contribution >= 0.6 is 0 Å². The summed E-state index contributed by atoms with van der Waals surface area (Å²) < 4.78 is 2.49. The molecule has 0 N–H and O–H groups in total. The molecule has 0 aromatic carbocycles. The van der Waals surface area contributed by atoms with Crippen LogP contribution in [0, 0.1) is 11.3 Å². The van der Waals surface area contributed by atoms with Crippen LogP contribution in [-0.2, 0) is 0 Å². The van der Waals surface area contributed by atoms with Gasteiger partial charge in [0, 0.05) is 6.42 Å². The zero-order valence-corrected chi connectivity index (χ0v) is 12.2. The summed E-state index contributed by atoms with van der Waals surface area (Å²) in [5.41, 5.74) is 1.51. The van der Waals surface area contributed by atoms with Crippen molar-refractivity contribution in [1.82, 2.24) is 4.57 Å². The number of hydrogen-bond donors (Lipinski definition) is 0. The Kier molecular flexibility index (Phi) is 6.15. The summed E-state index contributed by atoms with van der Waals surface area (Å²) in [4.78, 5) is 0. The third-order valence-electron chi connectivity index (χ3n) is 3.70. The van der Waals surface area contributed by atoms with Crippen LogP contribution < -0.4 is 0 Å². The molecule has 0 amide bonds. The summed E-state index contributed by atoms with van der Waals surface area (Å²) in [5, 5.41) is 8.63. The topological polar surface area (TPSA) is 27.0 Å². The van der Waals surface area contributed by atoms with E-state index in [0.717, 1.165) is 17.5 Å². The number of hydrogen-bond acceptors (Lipinski definition) is 2. The fourth-order valence-electron chi connectivity index (χ4n) is 2.95. The highest BCUT2D eigenvalue weighted by Crippen LogP contribution is 2.38. The SMILES string of the molecule is CC(C)[Si](CCCC#N)(C(C)C)N(C)C. The molecule has 0 aromatic heterocycles. The first kappa shape index (κ1) is 14.7. The second kappa shape index (κ2) is 6.29. The van der Waals surface area contributed by atoms with E-state index in [4.69, 9.17) is 5.26 Å². The van der Waals surface area contributed by atoms with Crippen molar-refractivity contribution in [3.63, 3.8) is 0 Å². The zero-order valence-electron chi connectivity index (χ0n) is 11.2. The first-order chi connectivity index (χ1) is 6.89. The van der Waals surface area contributed by atoms with E-state index in [1.807, 2.05) is 0 Å². The number of nitriles is 1. The van der Waals surface area contributed by atoms with E-state index in [1.54, 1.807) is 0 Å². The smallest absolute Gasteiger partial charge is 0.133 e. The maximum atomic E-state index is 8.63. The fraction of sp³-hybridized carbons (Fsp3) is 0.917. The third kappa shape index (κ3) is 3.32. The monoisotopic (exact) mass is 226 g/mol. The maximum absolute atomic E-state index is 8.63. The first-order valence-corrected chi connectivity index (χ1v) is 8.24. The lowest BCUT2D eigenvalue weighted by Gasteiger charge is -2.44. The van der Waals surface area contributed by atoms with E-state index < -0.39 is 8.24 Å². The van der Waals surface area contributed by atoms with Crippen LogP contribution in [0.4, 0.5) is 0 Å².